The van der Waals surface area contributed by atoms with E-state index in [1.807, 2.05) is 37.3 Å². The first-order valence-corrected chi connectivity index (χ1v) is 9.94. The molecule has 0 bridgehead atoms. The summed E-state index contributed by atoms with van der Waals surface area (Å²) in [7, 11) is -3.52. The second-order valence-electron chi connectivity index (χ2n) is 6.73. The molecular weight excluding hydrogens is 338 g/mol. The maximum Gasteiger partial charge on any atom is 0.240 e. The van der Waals surface area contributed by atoms with Gasteiger partial charge in [-0.1, -0.05) is 24.3 Å². The fourth-order valence-electron chi connectivity index (χ4n) is 3.26. The van der Waals surface area contributed by atoms with E-state index in [1.165, 1.54) is 0 Å². The van der Waals surface area contributed by atoms with Crippen molar-refractivity contribution in [3.05, 3.63) is 53.6 Å². The van der Waals surface area contributed by atoms with Gasteiger partial charge >= 0.3 is 0 Å². The highest BCUT2D eigenvalue weighted by atomic mass is 32.2. The molecule has 2 aromatic carbocycles. The molecule has 0 atom stereocenters. The smallest absolute Gasteiger partial charge is 0.240 e. The van der Waals surface area contributed by atoms with E-state index in [-0.39, 0.29) is 5.41 Å². The summed E-state index contributed by atoms with van der Waals surface area (Å²) in [6.07, 6.45) is 1.92. The summed E-state index contributed by atoms with van der Waals surface area (Å²) < 4.78 is 39.3. The van der Waals surface area contributed by atoms with Crippen LogP contribution in [0, 0.1) is 6.92 Å². The normalized spacial score (nSPS) is 18.0. The Labute approximate surface area is 148 Å². The van der Waals surface area contributed by atoms with Gasteiger partial charge in [0.1, 0.15) is 13.2 Å². The van der Waals surface area contributed by atoms with Crippen LogP contribution in [0.5, 0.6) is 11.5 Å². The summed E-state index contributed by atoms with van der Waals surface area (Å²) in [5.41, 5.74) is 1.70. The third kappa shape index (κ3) is 3.12. The van der Waals surface area contributed by atoms with Crippen molar-refractivity contribution in [2.24, 2.45) is 0 Å². The average molecular weight is 359 g/mol. The molecule has 132 valence electrons. The minimum atomic E-state index is -3.52. The Morgan fingerprint density at radius 3 is 2.48 bits per heavy atom. The van der Waals surface area contributed by atoms with Gasteiger partial charge in [-0.15, -0.1) is 0 Å². The van der Waals surface area contributed by atoms with Crippen LogP contribution in [0.4, 0.5) is 0 Å². The molecule has 4 rings (SSSR count). The first-order valence-electron chi connectivity index (χ1n) is 8.46. The average Bonchev–Trinajstić information content (AvgIpc) is 3.41. The third-order valence-electron chi connectivity index (χ3n) is 4.99. The van der Waals surface area contributed by atoms with E-state index in [9.17, 15) is 8.42 Å². The van der Waals surface area contributed by atoms with Crippen molar-refractivity contribution in [1.82, 2.24) is 4.72 Å². The highest BCUT2D eigenvalue weighted by molar-refractivity contribution is 7.89. The number of rotatable bonds is 5. The zero-order chi connectivity index (χ0) is 17.5. The number of sulfonamides is 1. The van der Waals surface area contributed by atoms with Crippen LogP contribution < -0.4 is 14.2 Å². The summed E-state index contributed by atoms with van der Waals surface area (Å²) in [4.78, 5) is 0.341. The van der Waals surface area contributed by atoms with Gasteiger partial charge in [-0.05, 0) is 49.1 Å². The molecule has 0 radical (unpaired) electrons. The van der Waals surface area contributed by atoms with E-state index < -0.39 is 10.0 Å². The Morgan fingerprint density at radius 1 is 1.04 bits per heavy atom. The Kier molecular flexibility index (Phi) is 3.96. The molecule has 0 unspecified atom stereocenters. The lowest BCUT2D eigenvalue weighted by Gasteiger charge is -2.22. The van der Waals surface area contributed by atoms with Crippen molar-refractivity contribution in [2.45, 2.75) is 30.1 Å². The maximum absolute atomic E-state index is 12.6. The molecule has 0 aromatic heterocycles. The standard InChI is InChI=1S/C19H21NO4S/c1-14-4-2-3-5-18(14)25(21,22)20-13-19(8-9-19)15-6-7-16-17(12-15)24-11-10-23-16/h2-7,12,20H,8-11,13H2,1H3. The molecule has 25 heavy (non-hydrogen) atoms. The summed E-state index contributed by atoms with van der Waals surface area (Å²) >= 11 is 0. The molecule has 1 saturated carbocycles. The van der Waals surface area contributed by atoms with Crippen LogP contribution in [-0.4, -0.2) is 28.2 Å². The topological polar surface area (TPSA) is 64.6 Å². The fourth-order valence-corrected chi connectivity index (χ4v) is 4.63. The number of ether oxygens (including phenoxy) is 2. The Balaban J connectivity index is 1.54. The Morgan fingerprint density at radius 2 is 1.76 bits per heavy atom. The van der Waals surface area contributed by atoms with E-state index in [0.29, 0.717) is 24.7 Å². The molecule has 1 heterocycles. The van der Waals surface area contributed by atoms with Gasteiger partial charge in [0, 0.05) is 12.0 Å². The number of aryl methyl sites for hydroxylation is 1. The van der Waals surface area contributed by atoms with Crippen molar-refractivity contribution in [3.8, 4) is 11.5 Å². The first kappa shape index (κ1) is 16.4. The molecule has 0 amide bonds. The number of nitrogens with one attached hydrogen (secondary N) is 1. The van der Waals surface area contributed by atoms with Crippen molar-refractivity contribution in [3.63, 3.8) is 0 Å². The summed E-state index contributed by atoms with van der Waals surface area (Å²) in [6.45, 7) is 3.31. The van der Waals surface area contributed by atoms with Crippen LogP contribution in [-0.2, 0) is 15.4 Å². The zero-order valence-electron chi connectivity index (χ0n) is 14.1. The van der Waals surface area contributed by atoms with E-state index in [0.717, 1.165) is 35.5 Å². The summed E-state index contributed by atoms with van der Waals surface area (Å²) in [5, 5.41) is 0. The summed E-state index contributed by atoms with van der Waals surface area (Å²) in [6, 6.07) is 13.0. The van der Waals surface area contributed by atoms with Crippen LogP contribution >= 0.6 is 0 Å². The predicted molar refractivity (Wildman–Crippen MR) is 94.7 cm³/mol. The number of benzene rings is 2. The molecule has 1 aliphatic heterocycles. The molecule has 0 saturated heterocycles. The Hall–Kier alpha value is -2.05. The maximum atomic E-state index is 12.6. The molecule has 2 aromatic rings. The van der Waals surface area contributed by atoms with Crippen LogP contribution in [0.1, 0.15) is 24.0 Å². The number of fused-ring (bicyclic) bond motifs is 1. The molecule has 1 aliphatic carbocycles. The van der Waals surface area contributed by atoms with Crippen LogP contribution in [0.3, 0.4) is 0 Å². The number of hydrogen-bond donors (Lipinski definition) is 1. The molecule has 6 heteroatoms. The first-order chi connectivity index (χ1) is 12.0. The monoisotopic (exact) mass is 359 g/mol. The van der Waals surface area contributed by atoms with Crippen LogP contribution in [0.25, 0.3) is 0 Å². The van der Waals surface area contributed by atoms with E-state index in [4.69, 9.17) is 9.47 Å². The van der Waals surface area contributed by atoms with Crippen molar-refractivity contribution in [1.29, 1.82) is 0 Å². The van der Waals surface area contributed by atoms with Gasteiger partial charge < -0.3 is 9.47 Å². The Bertz CT molecular complexity index is 903. The second-order valence-corrected chi connectivity index (χ2v) is 8.46. The lowest BCUT2D eigenvalue weighted by atomic mass is 9.96. The fraction of sp³-hybridized carbons (Fsp3) is 0.368. The van der Waals surface area contributed by atoms with Crippen molar-refractivity contribution >= 4 is 10.0 Å². The van der Waals surface area contributed by atoms with Gasteiger partial charge in [-0.25, -0.2) is 13.1 Å². The lowest BCUT2D eigenvalue weighted by Crippen LogP contribution is -2.32. The van der Waals surface area contributed by atoms with Gasteiger partial charge in [0.05, 0.1) is 4.90 Å². The van der Waals surface area contributed by atoms with Gasteiger partial charge in [-0.3, -0.25) is 0 Å². The van der Waals surface area contributed by atoms with Gasteiger partial charge in [0.2, 0.25) is 10.0 Å². The molecule has 1 fully saturated rings. The molecule has 5 nitrogen and oxygen atoms in total. The second kappa shape index (κ2) is 6.04. The van der Waals surface area contributed by atoms with E-state index in [2.05, 4.69) is 4.72 Å². The van der Waals surface area contributed by atoms with E-state index >= 15 is 0 Å². The largest absolute Gasteiger partial charge is 0.486 e. The highest BCUT2D eigenvalue weighted by Crippen LogP contribution is 2.49. The molecule has 1 N–H and O–H groups in total. The SMILES string of the molecule is Cc1ccccc1S(=O)(=O)NCC1(c2ccc3c(c2)OCCO3)CC1. The van der Waals surface area contributed by atoms with Gasteiger partial charge in [-0.2, -0.15) is 0 Å². The molecule has 0 spiro atoms. The van der Waals surface area contributed by atoms with E-state index in [1.54, 1.807) is 12.1 Å². The molecule has 2 aliphatic rings. The lowest BCUT2D eigenvalue weighted by molar-refractivity contribution is 0.171. The third-order valence-corrected chi connectivity index (χ3v) is 6.55. The van der Waals surface area contributed by atoms with Gasteiger partial charge in [0.25, 0.3) is 0 Å². The van der Waals surface area contributed by atoms with Crippen LogP contribution in [0.2, 0.25) is 0 Å². The summed E-state index contributed by atoms with van der Waals surface area (Å²) in [5.74, 6) is 1.50. The van der Waals surface area contributed by atoms with Gasteiger partial charge in [0.15, 0.2) is 11.5 Å². The minimum absolute atomic E-state index is 0.147. The van der Waals surface area contributed by atoms with Crippen LogP contribution in [0.15, 0.2) is 47.4 Å². The zero-order valence-corrected chi connectivity index (χ0v) is 14.9. The highest BCUT2D eigenvalue weighted by Gasteiger charge is 2.45. The quantitative estimate of drug-likeness (QED) is 0.892. The minimum Gasteiger partial charge on any atom is -0.486 e. The molecular formula is C19H21NO4S. The predicted octanol–water partition coefficient (Wildman–Crippen LogP) is 2.78. The number of hydrogen-bond acceptors (Lipinski definition) is 4. The van der Waals surface area contributed by atoms with Crippen molar-refractivity contribution < 1.29 is 17.9 Å². The van der Waals surface area contributed by atoms with Crippen molar-refractivity contribution in [2.75, 3.05) is 19.8 Å².